The molecule has 0 bridgehead atoms. The van der Waals surface area contributed by atoms with Gasteiger partial charge < -0.3 is 9.47 Å². The predicted octanol–water partition coefficient (Wildman–Crippen LogP) is 2.04. The Kier molecular flexibility index (Phi) is 5.60. The first-order valence-electron chi connectivity index (χ1n) is 4.57. The highest BCUT2D eigenvalue weighted by atomic mass is 35.5. The zero-order valence-corrected chi connectivity index (χ0v) is 9.25. The van der Waals surface area contributed by atoms with Crippen LogP contribution in [0.5, 0.6) is 5.75 Å². The summed E-state index contributed by atoms with van der Waals surface area (Å²) in [6.07, 6.45) is 3.28. The van der Waals surface area contributed by atoms with Crippen molar-refractivity contribution in [3.63, 3.8) is 0 Å². The number of aromatic nitrogens is 1. The van der Waals surface area contributed by atoms with Crippen molar-refractivity contribution in [2.45, 2.75) is 6.92 Å². The minimum Gasteiger partial charge on any atom is -0.466 e. The summed E-state index contributed by atoms with van der Waals surface area (Å²) < 4.78 is 10.3. The minimum absolute atomic E-state index is 0.227. The Hall–Kier alpha value is -1.24. The molecule has 0 spiro atoms. The quantitative estimate of drug-likeness (QED) is 0.340. The van der Waals surface area contributed by atoms with Gasteiger partial charge in [-0.1, -0.05) is 11.8 Å². The van der Waals surface area contributed by atoms with E-state index in [9.17, 15) is 0 Å². The zero-order valence-electron chi connectivity index (χ0n) is 8.50. The number of hydrogen-bond acceptors (Lipinski definition) is 3. The van der Waals surface area contributed by atoms with Crippen molar-refractivity contribution < 1.29 is 9.47 Å². The van der Waals surface area contributed by atoms with Gasteiger partial charge in [-0.15, -0.1) is 11.6 Å². The van der Waals surface area contributed by atoms with E-state index in [1.165, 1.54) is 0 Å². The summed E-state index contributed by atoms with van der Waals surface area (Å²) in [7, 11) is 0. The summed E-state index contributed by atoms with van der Waals surface area (Å²) in [6.45, 7) is 2.76. The highest BCUT2D eigenvalue weighted by Crippen LogP contribution is 2.10. The lowest BCUT2D eigenvalue weighted by molar-refractivity contribution is 0.0222. The molecule has 0 aliphatic carbocycles. The molecular formula is C11H12ClNO2. The van der Waals surface area contributed by atoms with E-state index in [0.29, 0.717) is 18.2 Å². The maximum Gasteiger partial charge on any atom is 0.189 e. The number of pyridine rings is 1. The predicted molar refractivity (Wildman–Crippen MR) is 59.0 cm³/mol. The van der Waals surface area contributed by atoms with Crippen LogP contribution in [0, 0.1) is 11.8 Å². The molecule has 0 fully saturated rings. The van der Waals surface area contributed by atoms with Crippen molar-refractivity contribution in [1.82, 2.24) is 4.98 Å². The average Bonchev–Trinajstić information content (AvgIpc) is 2.27. The fraction of sp³-hybridized carbons (Fsp3) is 0.364. The van der Waals surface area contributed by atoms with Crippen LogP contribution in [-0.2, 0) is 4.74 Å². The molecule has 0 aliphatic rings. The van der Waals surface area contributed by atoms with Crippen LogP contribution in [-0.4, -0.2) is 24.3 Å². The molecule has 1 heterocycles. The molecule has 0 amide bonds. The molecule has 0 saturated heterocycles. The highest BCUT2D eigenvalue weighted by Gasteiger charge is 1.95. The fourth-order valence-electron chi connectivity index (χ4n) is 0.895. The number of rotatable bonds is 4. The lowest BCUT2D eigenvalue weighted by Crippen LogP contribution is -2.02. The molecule has 3 nitrogen and oxygen atoms in total. The Morgan fingerprint density at radius 2 is 2.33 bits per heavy atom. The van der Waals surface area contributed by atoms with E-state index < -0.39 is 0 Å². The van der Waals surface area contributed by atoms with Gasteiger partial charge in [-0.2, -0.15) is 0 Å². The maximum atomic E-state index is 5.45. The van der Waals surface area contributed by atoms with E-state index in [-0.39, 0.29) is 6.79 Å². The second-order valence-electron chi connectivity index (χ2n) is 2.60. The minimum atomic E-state index is 0.227. The van der Waals surface area contributed by atoms with Gasteiger partial charge in [-0.25, -0.2) is 0 Å². The standard InChI is InChI=1S/C11H12ClNO2/c1-2-14-9-15-11-6-10(4-3-5-12)7-13-8-11/h6-8H,2,5,9H2,1H3. The molecular weight excluding hydrogens is 214 g/mol. The summed E-state index contributed by atoms with van der Waals surface area (Å²) in [5.74, 6) is 6.56. The number of halogens is 1. The average molecular weight is 226 g/mol. The van der Waals surface area contributed by atoms with Crippen molar-refractivity contribution >= 4 is 11.6 Å². The third kappa shape index (κ3) is 4.68. The summed E-state index contributed by atoms with van der Waals surface area (Å²) >= 11 is 5.45. The lowest BCUT2D eigenvalue weighted by Gasteiger charge is -2.04. The molecule has 4 heteroatoms. The van der Waals surface area contributed by atoms with Gasteiger partial charge in [0.2, 0.25) is 0 Å². The normalized spacial score (nSPS) is 9.20. The number of ether oxygens (including phenoxy) is 2. The van der Waals surface area contributed by atoms with Gasteiger partial charge >= 0.3 is 0 Å². The van der Waals surface area contributed by atoms with Gasteiger partial charge in [-0.3, -0.25) is 4.98 Å². The molecule has 0 atom stereocenters. The van der Waals surface area contributed by atoms with Gasteiger partial charge in [0.25, 0.3) is 0 Å². The van der Waals surface area contributed by atoms with Crippen molar-refractivity contribution in [2.24, 2.45) is 0 Å². The third-order valence-corrected chi connectivity index (χ3v) is 1.66. The summed E-state index contributed by atoms with van der Waals surface area (Å²) in [5.41, 5.74) is 0.782. The van der Waals surface area contributed by atoms with E-state index in [1.54, 1.807) is 18.5 Å². The second-order valence-corrected chi connectivity index (χ2v) is 2.87. The smallest absolute Gasteiger partial charge is 0.189 e. The van der Waals surface area contributed by atoms with Gasteiger partial charge in [0.05, 0.1) is 12.1 Å². The van der Waals surface area contributed by atoms with Gasteiger partial charge in [-0.05, 0) is 13.0 Å². The molecule has 0 radical (unpaired) electrons. The van der Waals surface area contributed by atoms with Crippen LogP contribution in [0.25, 0.3) is 0 Å². The Bertz CT molecular complexity index is 357. The molecule has 0 aliphatic heterocycles. The topological polar surface area (TPSA) is 31.4 Å². The van der Waals surface area contributed by atoms with E-state index in [4.69, 9.17) is 21.1 Å². The second kappa shape index (κ2) is 7.10. The molecule has 15 heavy (non-hydrogen) atoms. The van der Waals surface area contributed by atoms with Gasteiger partial charge in [0.15, 0.2) is 6.79 Å². The summed E-state index contributed by atoms with van der Waals surface area (Å²) in [6, 6.07) is 1.80. The first-order chi connectivity index (χ1) is 7.36. The van der Waals surface area contributed by atoms with Crippen LogP contribution in [0.4, 0.5) is 0 Å². The molecule has 0 N–H and O–H groups in total. The Labute approximate surface area is 94.4 Å². The summed E-state index contributed by atoms with van der Waals surface area (Å²) in [4.78, 5) is 3.99. The SMILES string of the molecule is CCOCOc1cncc(C#CCCl)c1. The van der Waals surface area contributed by atoms with E-state index in [1.807, 2.05) is 6.92 Å². The van der Waals surface area contributed by atoms with Crippen molar-refractivity contribution in [1.29, 1.82) is 0 Å². The molecule has 0 saturated carbocycles. The number of alkyl halides is 1. The number of hydrogen-bond donors (Lipinski definition) is 0. The molecule has 0 unspecified atom stereocenters. The van der Waals surface area contributed by atoms with Crippen LogP contribution in [0.1, 0.15) is 12.5 Å². The zero-order chi connectivity index (χ0) is 10.9. The summed E-state index contributed by atoms with van der Waals surface area (Å²) in [5, 5.41) is 0. The van der Waals surface area contributed by atoms with Crippen molar-refractivity contribution in [2.75, 3.05) is 19.3 Å². The van der Waals surface area contributed by atoms with Crippen molar-refractivity contribution in [3.05, 3.63) is 24.0 Å². The van der Waals surface area contributed by atoms with Crippen molar-refractivity contribution in [3.8, 4) is 17.6 Å². The third-order valence-electron chi connectivity index (χ3n) is 1.53. The monoisotopic (exact) mass is 225 g/mol. The van der Waals surface area contributed by atoms with Gasteiger partial charge in [0.1, 0.15) is 5.75 Å². The number of nitrogens with zero attached hydrogens (tertiary/aromatic N) is 1. The Balaban J connectivity index is 2.57. The van der Waals surface area contributed by atoms with Crippen LogP contribution in [0.3, 0.4) is 0 Å². The molecule has 1 aromatic heterocycles. The molecule has 0 aromatic carbocycles. The van der Waals surface area contributed by atoms with E-state index >= 15 is 0 Å². The largest absolute Gasteiger partial charge is 0.466 e. The maximum absolute atomic E-state index is 5.45. The molecule has 1 rings (SSSR count). The Morgan fingerprint density at radius 1 is 1.47 bits per heavy atom. The first kappa shape index (κ1) is 11.8. The fourth-order valence-corrected chi connectivity index (χ4v) is 0.961. The van der Waals surface area contributed by atoms with Crippen LogP contribution in [0.2, 0.25) is 0 Å². The van der Waals surface area contributed by atoms with Gasteiger partial charge in [0, 0.05) is 18.4 Å². The van der Waals surface area contributed by atoms with E-state index in [0.717, 1.165) is 5.56 Å². The van der Waals surface area contributed by atoms with E-state index in [2.05, 4.69) is 16.8 Å². The first-order valence-corrected chi connectivity index (χ1v) is 5.10. The highest BCUT2D eigenvalue weighted by molar-refractivity contribution is 6.19. The molecule has 80 valence electrons. The lowest BCUT2D eigenvalue weighted by atomic mass is 10.3. The van der Waals surface area contributed by atoms with Crippen LogP contribution in [0.15, 0.2) is 18.5 Å². The Morgan fingerprint density at radius 3 is 3.07 bits per heavy atom. The molecule has 1 aromatic rings. The van der Waals surface area contributed by atoms with Crippen LogP contribution >= 0.6 is 11.6 Å². The van der Waals surface area contributed by atoms with Crippen LogP contribution < -0.4 is 4.74 Å².